The van der Waals surface area contributed by atoms with Gasteiger partial charge >= 0.3 is 0 Å². The molecule has 234 valence electrons. The van der Waals surface area contributed by atoms with Crippen molar-refractivity contribution in [3.63, 3.8) is 0 Å². The van der Waals surface area contributed by atoms with Crippen molar-refractivity contribution in [3.8, 4) is 34.7 Å². The average Bonchev–Trinajstić information content (AvgIpc) is 3.06. The van der Waals surface area contributed by atoms with Crippen LogP contribution in [-0.2, 0) is 6.61 Å². The third-order valence-corrected chi connectivity index (χ3v) is 8.91. The third kappa shape index (κ3) is 6.50. The summed E-state index contributed by atoms with van der Waals surface area (Å²) >= 11 is 10.4. The fourth-order valence-electron chi connectivity index (χ4n) is 5.09. The Bertz CT molecular complexity index is 2070. The van der Waals surface area contributed by atoms with Gasteiger partial charge in [-0.1, -0.05) is 55.8 Å². The highest BCUT2D eigenvalue weighted by Crippen LogP contribution is 2.43. The molecule has 0 atom stereocenters. The quantitative estimate of drug-likeness (QED) is 0.135. The summed E-state index contributed by atoms with van der Waals surface area (Å²) < 4.78 is 19.5. The number of nitriles is 1. The maximum absolute atomic E-state index is 13.9. The minimum absolute atomic E-state index is 0.116. The number of para-hydroxylation sites is 1. The van der Waals surface area contributed by atoms with Gasteiger partial charge in [0, 0.05) is 21.2 Å². The number of hydrogen-bond acceptors (Lipinski definition) is 7. The lowest BCUT2D eigenvalue weighted by atomic mass is 9.96. The van der Waals surface area contributed by atoms with Crippen LogP contribution in [0.3, 0.4) is 0 Å². The molecule has 0 N–H and O–H groups in total. The second kappa shape index (κ2) is 14.2. The number of hydrogen-bond donors (Lipinski definition) is 0. The molecule has 0 unspecified atom stereocenters. The maximum atomic E-state index is 13.9. The first-order valence-corrected chi connectivity index (χ1v) is 15.9. The molecule has 10 heteroatoms. The second-order valence-corrected chi connectivity index (χ2v) is 12.0. The molecular weight excluding hydrogens is 668 g/mol. The Morgan fingerprint density at radius 3 is 2.54 bits per heavy atom. The fourth-order valence-corrected chi connectivity index (χ4v) is 5.75. The minimum Gasteiger partial charge on any atom is -0.496 e. The normalized spacial score (nSPS) is 11.3. The molecule has 0 saturated carbocycles. The fraction of sp³-hybridized carbons (Fsp3) is 0.222. The van der Waals surface area contributed by atoms with E-state index in [1.54, 1.807) is 37.4 Å². The van der Waals surface area contributed by atoms with Crippen LogP contribution in [0.15, 0.2) is 81.1 Å². The van der Waals surface area contributed by atoms with Gasteiger partial charge in [-0.25, -0.2) is 4.98 Å². The first-order valence-electron chi connectivity index (χ1n) is 14.7. The number of aromatic nitrogens is 2. The second-order valence-electron chi connectivity index (χ2n) is 10.8. The van der Waals surface area contributed by atoms with Gasteiger partial charge < -0.3 is 14.2 Å². The zero-order valence-corrected chi connectivity index (χ0v) is 28.4. The number of fused-ring (bicyclic) bond motifs is 1. The van der Waals surface area contributed by atoms with Gasteiger partial charge in [0.2, 0.25) is 0 Å². The lowest BCUT2D eigenvalue weighted by Gasteiger charge is -2.18. The van der Waals surface area contributed by atoms with Crippen molar-refractivity contribution in [1.29, 1.82) is 5.26 Å². The Labute approximate surface area is 281 Å². The molecule has 5 rings (SSSR count). The van der Waals surface area contributed by atoms with E-state index in [2.05, 4.69) is 40.9 Å². The van der Waals surface area contributed by atoms with Crippen LogP contribution >= 0.6 is 27.5 Å². The summed E-state index contributed by atoms with van der Waals surface area (Å²) in [5.74, 6) is 2.05. The molecule has 0 aliphatic rings. The van der Waals surface area contributed by atoms with E-state index >= 15 is 0 Å². The Hall–Kier alpha value is -4.65. The Morgan fingerprint density at radius 1 is 1.09 bits per heavy atom. The maximum Gasteiger partial charge on any atom is 0.282 e. The van der Waals surface area contributed by atoms with Gasteiger partial charge in [0.1, 0.15) is 17.4 Å². The number of rotatable bonds is 10. The van der Waals surface area contributed by atoms with E-state index in [-0.39, 0.29) is 23.1 Å². The van der Waals surface area contributed by atoms with Gasteiger partial charge in [0.25, 0.3) is 5.56 Å². The summed E-state index contributed by atoms with van der Waals surface area (Å²) in [4.78, 5) is 18.8. The van der Waals surface area contributed by atoms with Crippen LogP contribution in [0, 0.1) is 18.3 Å². The first kappa shape index (κ1) is 32.7. The molecule has 0 spiro atoms. The summed E-state index contributed by atoms with van der Waals surface area (Å²) in [6.45, 7) is 8.45. The van der Waals surface area contributed by atoms with E-state index in [0.717, 1.165) is 28.0 Å². The van der Waals surface area contributed by atoms with Gasteiger partial charge in [-0.15, -0.1) is 0 Å². The van der Waals surface area contributed by atoms with E-state index in [1.165, 1.54) is 10.9 Å². The molecule has 0 amide bonds. The van der Waals surface area contributed by atoms with Crippen LogP contribution in [0.25, 0.3) is 22.3 Å². The van der Waals surface area contributed by atoms with Gasteiger partial charge in [0.15, 0.2) is 17.3 Å². The van der Waals surface area contributed by atoms with Crippen LogP contribution in [-0.4, -0.2) is 29.6 Å². The summed E-state index contributed by atoms with van der Waals surface area (Å²) in [6, 6.07) is 22.3. The van der Waals surface area contributed by atoms with E-state index in [0.29, 0.717) is 50.4 Å². The Balaban J connectivity index is 1.63. The summed E-state index contributed by atoms with van der Waals surface area (Å²) in [5.41, 5.74) is 4.67. The number of aryl methyl sites for hydroxylation is 1. The SMILES string of the molecule is CCOc1cc(C=Nn2c(-c3cc(C(C)C)c(OC)cc3C)nc3ccccc3c2=O)c(Br)c(Cl)c1OCc1ccccc1C#N. The molecule has 8 nitrogen and oxygen atoms in total. The smallest absolute Gasteiger partial charge is 0.282 e. The number of ether oxygens (including phenoxy) is 3. The van der Waals surface area contributed by atoms with Gasteiger partial charge in [-0.05, 0) is 83.2 Å². The molecule has 5 aromatic rings. The van der Waals surface area contributed by atoms with Gasteiger partial charge in [0.05, 0.1) is 42.5 Å². The number of methoxy groups -OCH3 is 1. The van der Waals surface area contributed by atoms with Crippen molar-refractivity contribution in [2.45, 2.75) is 40.2 Å². The summed E-state index contributed by atoms with van der Waals surface area (Å²) in [5, 5.41) is 14.9. The highest BCUT2D eigenvalue weighted by atomic mass is 79.9. The molecule has 0 fully saturated rings. The Kier molecular flexibility index (Phi) is 10.1. The van der Waals surface area contributed by atoms with Gasteiger partial charge in [-0.2, -0.15) is 15.0 Å². The predicted molar refractivity (Wildman–Crippen MR) is 186 cm³/mol. The van der Waals surface area contributed by atoms with Gasteiger partial charge in [-0.3, -0.25) is 4.79 Å². The van der Waals surface area contributed by atoms with Crippen molar-refractivity contribution in [3.05, 3.63) is 114 Å². The highest BCUT2D eigenvalue weighted by Gasteiger charge is 2.20. The van der Waals surface area contributed by atoms with Crippen LogP contribution in [0.5, 0.6) is 17.2 Å². The number of halogens is 2. The largest absolute Gasteiger partial charge is 0.496 e. The topological polar surface area (TPSA) is 98.7 Å². The van der Waals surface area contributed by atoms with Crippen molar-refractivity contribution in [1.82, 2.24) is 9.66 Å². The summed E-state index contributed by atoms with van der Waals surface area (Å²) in [6.07, 6.45) is 1.54. The lowest BCUT2D eigenvalue weighted by Crippen LogP contribution is -2.21. The average molecular weight is 700 g/mol. The molecule has 4 aromatic carbocycles. The van der Waals surface area contributed by atoms with Crippen LogP contribution in [0.2, 0.25) is 5.02 Å². The monoisotopic (exact) mass is 698 g/mol. The molecule has 1 aromatic heterocycles. The minimum atomic E-state index is -0.318. The molecule has 0 aliphatic heterocycles. The summed E-state index contributed by atoms with van der Waals surface area (Å²) in [7, 11) is 1.65. The molecule has 0 bridgehead atoms. The third-order valence-electron chi connectivity index (χ3n) is 7.47. The van der Waals surface area contributed by atoms with Crippen LogP contribution in [0.1, 0.15) is 54.5 Å². The first-order chi connectivity index (χ1) is 22.2. The number of benzene rings is 4. The molecule has 46 heavy (non-hydrogen) atoms. The zero-order valence-electron chi connectivity index (χ0n) is 26.1. The van der Waals surface area contributed by atoms with Crippen LogP contribution < -0.4 is 19.8 Å². The van der Waals surface area contributed by atoms with Crippen molar-refractivity contribution >= 4 is 44.6 Å². The standard InChI is InChI=1S/C36H32BrClN4O4/c1-6-45-31-16-25(32(37)33(38)34(31)46-20-24-12-8-7-11-23(24)18-39)19-40-42-35(41-29-14-10-9-13-26(29)36(42)43)28-17-27(21(2)3)30(44-5)15-22(28)4/h7-17,19,21H,6,20H2,1-5H3. The van der Waals surface area contributed by atoms with Crippen molar-refractivity contribution in [2.75, 3.05) is 13.7 Å². The Morgan fingerprint density at radius 2 is 1.83 bits per heavy atom. The van der Waals surface area contributed by atoms with E-state index in [1.807, 2.05) is 50.2 Å². The molecule has 1 heterocycles. The van der Waals surface area contributed by atoms with E-state index in [4.69, 9.17) is 30.8 Å². The molecular formula is C36H32BrClN4O4. The molecule has 0 saturated heterocycles. The zero-order chi connectivity index (χ0) is 33.0. The lowest BCUT2D eigenvalue weighted by molar-refractivity contribution is 0.269. The predicted octanol–water partition coefficient (Wildman–Crippen LogP) is 8.65. The van der Waals surface area contributed by atoms with Crippen LogP contribution in [0.4, 0.5) is 0 Å². The molecule has 0 aliphatic carbocycles. The number of nitrogens with zero attached hydrogens (tertiary/aromatic N) is 4. The molecule has 0 radical (unpaired) electrons. The highest BCUT2D eigenvalue weighted by molar-refractivity contribution is 9.10. The van der Waals surface area contributed by atoms with E-state index in [9.17, 15) is 10.1 Å². The van der Waals surface area contributed by atoms with Crippen molar-refractivity contribution in [2.24, 2.45) is 5.10 Å². The van der Waals surface area contributed by atoms with Crippen molar-refractivity contribution < 1.29 is 14.2 Å². The van der Waals surface area contributed by atoms with E-state index < -0.39 is 0 Å².